The Kier molecular flexibility index (Phi) is 10.7. The van der Waals surface area contributed by atoms with E-state index in [4.69, 9.17) is 0 Å². The van der Waals surface area contributed by atoms with Crippen molar-refractivity contribution < 1.29 is 19.5 Å². The molecular formula is C36H30B2Zn. The molecule has 0 heterocycles. The van der Waals surface area contributed by atoms with Gasteiger partial charge in [0.05, 0.1) is 0 Å². The zero-order valence-electron chi connectivity index (χ0n) is 22.2. The van der Waals surface area contributed by atoms with Crippen molar-refractivity contribution in [2.24, 2.45) is 0 Å². The number of rotatable bonds is 6. The van der Waals surface area contributed by atoms with E-state index in [2.05, 4.69) is 182 Å². The van der Waals surface area contributed by atoms with Gasteiger partial charge in [-0.1, -0.05) is 182 Å². The van der Waals surface area contributed by atoms with Crippen LogP contribution in [0.3, 0.4) is 0 Å². The smallest absolute Gasteiger partial charge is 0.233 e. The fourth-order valence-corrected chi connectivity index (χ4v) is 5.03. The minimum Gasteiger partial charge on any atom is -0.233 e. The largest absolute Gasteiger partial charge is 2.00 e. The van der Waals surface area contributed by atoms with Crippen LogP contribution in [0.4, 0.5) is 0 Å². The van der Waals surface area contributed by atoms with Crippen LogP contribution in [0, 0.1) is 0 Å². The summed E-state index contributed by atoms with van der Waals surface area (Å²) < 4.78 is 0. The minimum absolute atomic E-state index is 0. The van der Waals surface area contributed by atoms with Crippen LogP contribution in [-0.4, -0.2) is 13.4 Å². The molecule has 0 aliphatic carbocycles. The fraction of sp³-hybridized carbons (Fsp3) is 0. The summed E-state index contributed by atoms with van der Waals surface area (Å²) in [6.45, 7) is 0.618. The quantitative estimate of drug-likeness (QED) is 0.270. The molecular weight excluding hydrogens is 519 g/mol. The second-order valence-corrected chi connectivity index (χ2v) is 9.33. The SMILES string of the molecule is [Zn+2].c1ccc([B-](c2ccccc2)c2ccccc2)cc1.c1ccc([B-](c2ccccc2)c2ccccc2)cc1. The molecule has 0 bridgehead atoms. The molecule has 0 saturated heterocycles. The van der Waals surface area contributed by atoms with Gasteiger partial charge in [0.1, 0.15) is 0 Å². The Balaban J connectivity index is 0.000000176. The number of hydrogen-bond donors (Lipinski definition) is 0. The minimum atomic E-state index is 0. The molecule has 2 radical (unpaired) electrons. The van der Waals surface area contributed by atoms with Gasteiger partial charge in [0.2, 0.25) is 0 Å². The van der Waals surface area contributed by atoms with Gasteiger partial charge in [-0.2, -0.15) is 0 Å². The molecule has 0 spiro atoms. The van der Waals surface area contributed by atoms with E-state index in [1.54, 1.807) is 0 Å². The van der Waals surface area contributed by atoms with Crippen LogP contribution in [0.15, 0.2) is 182 Å². The van der Waals surface area contributed by atoms with Crippen molar-refractivity contribution in [3.8, 4) is 0 Å². The van der Waals surface area contributed by atoms with Gasteiger partial charge < -0.3 is 0 Å². The molecule has 39 heavy (non-hydrogen) atoms. The van der Waals surface area contributed by atoms with E-state index in [-0.39, 0.29) is 19.5 Å². The second-order valence-electron chi connectivity index (χ2n) is 9.33. The fourth-order valence-electron chi connectivity index (χ4n) is 5.03. The first-order valence-electron chi connectivity index (χ1n) is 13.2. The van der Waals surface area contributed by atoms with Crippen molar-refractivity contribution in [2.45, 2.75) is 0 Å². The number of hydrogen-bond acceptors (Lipinski definition) is 0. The summed E-state index contributed by atoms with van der Waals surface area (Å²) in [4.78, 5) is 0. The van der Waals surface area contributed by atoms with E-state index in [1.165, 1.54) is 32.8 Å². The summed E-state index contributed by atoms with van der Waals surface area (Å²) in [6, 6.07) is 64.0. The molecule has 0 unspecified atom stereocenters. The molecule has 6 rings (SSSR count). The first-order valence-corrected chi connectivity index (χ1v) is 13.2. The van der Waals surface area contributed by atoms with Gasteiger partial charge in [0.25, 0.3) is 0 Å². The maximum atomic E-state index is 2.20. The molecule has 0 aliphatic heterocycles. The van der Waals surface area contributed by atoms with Crippen molar-refractivity contribution in [3.05, 3.63) is 182 Å². The number of benzene rings is 6. The van der Waals surface area contributed by atoms with Crippen molar-refractivity contribution in [2.75, 3.05) is 0 Å². The maximum Gasteiger partial charge on any atom is 2.00 e. The third kappa shape index (κ3) is 7.56. The zero-order chi connectivity index (χ0) is 25.8. The third-order valence-corrected chi connectivity index (χ3v) is 6.80. The van der Waals surface area contributed by atoms with Crippen LogP contribution in [0.1, 0.15) is 0 Å². The van der Waals surface area contributed by atoms with Crippen LogP contribution < -0.4 is 32.8 Å². The Morgan fingerprint density at radius 2 is 0.333 bits per heavy atom. The van der Waals surface area contributed by atoms with Crippen LogP contribution in [-0.2, 0) is 19.5 Å². The van der Waals surface area contributed by atoms with Gasteiger partial charge in [-0.05, 0) is 13.4 Å². The van der Waals surface area contributed by atoms with Crippen molar-refractivity contribution in [1.82, 2.24) is 0 Å². The molecule has 0 atom stereocenters. The molecule has 0 aromatic heterocycles. The monoisotopic (exact) mass is 548 g/mol. The van der Waals surface area contributed by atoms with E-state index in [1.807, 2.05) is 0 Å². The van der Waals surface area contributed by atoms with Gasteiger partial charge in [-0.25, -0.2) is 32.8 Å². The topological polar surface area (TPSA) is 0 Å². The molecule has 0 nitrogen and oxygen atoms in total. The predicted molar refractivity (Wildman–Crippen MR) is 168 cm³/mol. The summed E-state index contributed by atoms with van der Waals surface area (Å²) in [6.07, 6.45) is 0. The Hall–Kier alpha value is -3.93. The van der Waals surface area contributed by atoms with E-state index >= 15 is 0 Å². The maximum absolute atomic E-state index is 2.20. The Bertz CT molecular complexity index is 1170. The molecule has 6 aromatic rings. The normalized spacial score (nSPS) is 10.3. The molecule has 182 valence electrons. The Labute approximate surface area is 246 Å². The average Bonchev–Trinajstić information content (AvgIpc) is 3.01. The Morgan fingerprint density at radius 3 is 0.462 bits per heavy atom. The van der Waals surface area contributed by atoms with Gasteiger partial charge >= 0.3 is 19.5 Å². The first-order chi connectivity index (χ1) is 18.9. The molecule has 0 saturated carbocycles. The van der Waals surface area contributed by atoms with E-state index < -0.39 is 0 Å². The molecule has 3 heteroatoms. The van der Waals surface area contributed by atoms with Crippen molar-refractivity contribution in [3.63, 3.8) is 0 Å². The van der Waals surface area contributed by atoms with E-state index in [9.17, 15) is 0 Å². The predicted octanol–water partition coefficient (Wildman–Crippen LogP) is 4.40. The zero-order valence-corrected chi connectivity index (χ0v) is 25.1. The molecule has 0 aliphatic rings. The van der Waals surface area contributed by atoms with Crippen molar-refractivity contribution >= 4 is 46.2 Å². The summed E-state index contributed by atoms with van der Waals surface area (Å²) in [7, 11) is 0. The van der Waals surface area contributed by atoms with Crippen LogP contribution >= 0.6 is 0 Å². The first kappa shape index (κ1) is 28.1. The van der Waals surface area contributed by atoms with Crippen LogP contribution in [0.2, 0.25) is 0 Å². The van der Waals surface area contributed by atoms with Gasteiger partial charge in [0, 0.05) is 0 Å². The standard InChI is InChI=1S/2C18H15B.Zn/c2*1-4-10-16(11-5-1)19(17-12-6-2-7-13-17)18-14-8-3-9-15-18;/h2*1-15H;/q2*-1;+2. The molecule has 0 fully saturated rings. The van der Waals surface area contributed by atoms with Crippen LogP contribution in [0.5, 0.6) is 0 Å². The van der Waals surface area contributed by atoms with E-state index in [0.717, 1.165) is 0 Å². The summed E-state index contributed by atoms with van der Waals surface area (Å²) in [5.74, 6) is 0. The molecule has 6 aromatic carbocycles. The molecule has 0 N–H and O–H groups in total. The average molecular weight is 550 g/mol. The van der Waals surface area contributed by atoms with Crippen LogP contribution in [0.25, 0.3) is 0 Å². The van der Waals surface area contributed by atoms with Gasteiger partial charge in [-0.15, -0.1) is 0 Å². The Morgan fingerprint density at radius 1 is 0.205 bits per heavy atom. The van der Waals surface area contributed by atoms with E-state index in [0.29, 0.717) is 13.4 Å². The van der Waals surface area contributed by atoms with Crippen molar-refractivity contribution in [1.29, 1.82) is 0 Å². The summed E-state index contributed by atoms with van der Waals surface area (Å²) >= 11 is 0. The van der Waals surface area contributed by atoms with Gasteiger partial charge in [0.15, 0.2) is 0 Å². The molecule has 0 amide bonds. The summed E-state index contributed by atoms with van der Waals surface area (Å²) in [5.41, 5.74) is 8.00. The van der Waals surface area contributed by atoms with Gasteiger partial charge in [-0.3, -0.25) is 0 Å². The second kappa shape index (κ2) is 14.9. The summed E-state index contributed by atoms with van der Waals surface area (Å²) in [5, 5.41) is 0. The third-order valence-electron chi connectivity index (χ3n) is 6.80.